The van der Waals surface area contributed by atoms with Crippen LogP contribution in [0.3, 0.4) is 0 Å². The molecule has 1 amide bonds. The predicted molar refractivity (Wildman–Crippen MR) is 121 cm³/mol. The second kappa shape index (κ2) is 11.1. The maximum absolute atomic E-state index is 12.8. The topological polar surface area (TPSA) is 130 Å². The number of benzene rings is 1. The third-order valence-corrected chi connectivity index (χ3v) is 5.55. The second-order valence-corrected chi connectivity index (χ2v) is 7.85. The molecule has 174 valence electrons. The number of hydrogen-bond acceptors (Lipinski definition) is 6. The van der Waals surface area contributed by atoms with Gasteiger partial charge in [-0.25, -0.2) is 4.79 Å². The van der Waals surface area contributed by atoms with Crippen LogP contribution in [-0.4, -0.2) is 46.6 Å². The molecule has 0 spiro atoms. The summed E-state index contributed by atoms with van der Waals surface area (Å²) in [6.45, 7) is 2.86. The number of fused-ring (bicyclic) bond motifs is 1. The molecule has 1 atom stereocenters. The van der Waals surface area contributed by atoms with Gasteiger partial charge in [-0.2, -0.15) is 0 Å². The van der Waals surface area contributed by atoms with Crippen LogP contribution in [0.5, 0.6) is 5.75 Å². The molecule has 2 aromatic heterocycles. The Morgan fingerprint density at radius 3 is 2.58 bits per heavy atom. The van der Waals surface area contributed by atoms with Crippen LogP contribution < -0.4 is 15.9 Å². The predicted octanol–water partition coefficient (Wildman–Crippen LogP) is 2.43. The van der Waals surface area contributed by atoms with Gasteiger partial charge in [0.2, 0.25) is 5.56 Å². The number of carbonyl (C=O) groups excluding carboxylic acids is 1. The molecule has 9 nitrogen and oxygen atoms in total. The Kier molecular flexibility index (Phi) is 8.01. The molecule has 1 fully saturated rings. The number of pyridine rings is 1. The zero-order valence-corrected chi connectivity index (χ0v) is 18.2. The highest BCUT2D eigenvalue weighted by Crippen LogP contribution is 2.24. The number of rotatable bonds is 5. The number of amides is 1. The first-order chi connectivity index (χ1) is 15.9. The van der Waals surface area contributed by atoms with Crippen molar-refractivity contribution in [2.24, 2.45) is 5.92 Å². The average Bonchev–Trinajstić information content (AvgIpc) is 2.81. The van der Waals surface area contributed by atoms with Gasteiger partial charge in [-0.15, -0.1) is 0 Å². The first kappa shape index (κ1) is 23.8. The fourth-order valence-electron chi connectivity index (χ4n) is 3.89. The summed E-state index contributed by atoms with van der Waals surface area (Å²) < 4.78 is 11.0. The van der Waals surface area contributed by atoms with Gasteiger partial charge in [0.05, 0.1) is 0 Å². The van der Waals surface area contributed by atoms with E-state index in [4.69, 9.17) is 19.1 Å². The summed E-state index contributed by atoms with van der Waals surface area (Å²) >= 11 is 0. The molecule has 0 aliphatic carbocycles. The van der Waals surface area contributed by atoms with Crippen molar-refractivity contribution in [2.45, 2.75) is 32.3 Å². The summed E-state index contributed by atoms with van der Waals surface area (Å²) in [7, 11) is 0. The Morgan fingerprint density at radius 2 is 1.91 bits per heavy atom. The van der Waals surface area contributed by atoms with Crippen LogP contribution >= 0.6 is 0 Å². The van der Waals surface area contributed by atoms with Gasteiger partial charge in [0.15, 0.2) is 6.10 Å². The average molecular weight is 454 g/mol. The van der Waals surface area contributed by atoms with Crippen molar-refractivity contribution < 1.29 is 23.8 Å². The van der Waals surface area contributed by atoms with E-state index >= 15 is 0 Å². The Labute approximate surface area is 189 Å². The Morgan fingerprint density at radius 1 is 1.21 bits per heavy atom. The molecule has 3 heterocycles. The fourth-order valence-corrected chi connectivity index (χ4v) is 3.89. The largest absolute Gasteiger partial charge is 0.483 e. The van der Waals surface area contributed by atoms with Crippen molar-refractivity contribution in [3.63, 3.8) is 0 Å². The quantitative estimate of drug-likeness (QED) is 0.447. The standard InChI is InChI=1S/C23H24N2O5.CH2O2/c1-15(29-19-5-3-18-4-7-22(27)30-20(18)13-19)23(28)25-10-8-16(9-11-25)12-17-2-6-21(26)24-14-17;2-1-3/h2-7,13-16H,8-12H2,1H3,(H,24,26);1H,(H,2,3). The zero-order chi connectivity index (χ0) is 23.8. The summed E-state index contributed by atoms with van der Waals surface area (Å²) in [4.78, 5) is 48.3. The highest BCUT2D eigenvalue weighted by molar-refractivity contribution is 5.81. The SMILES string of the molecule is CC(Oc1ccc2ccc(=O)oc2c1)C(=O)N1CCC(Cc2ccc(=O)[nH]c2)CC1.O=CO. The van der Waals surface area contributed by atoms with Crippen molar-refractivity contribution >= 4 is 23.3 Å². The Balaban J connectivity index is 0.000000968. The van der Waals surface area contributed by atoms with Gasteiger partial charge in [-0.1, -0.05) is 6.07 Å². The molecule has 3 aromatic rings. The van der Waals surface area contributed by atoms with Crippen LogP contribution in [0.1, 0.15) is 25.3 Å². The first-order valence-corrected chi connectivity index (χ1v) is 10.6. The summed E-state index contributed by atoms with van der Waals surface area (Å²) in [6, 6.07) is 11.7. The fraction of sp³-hybridized carbons (Fsp3) is 0.333. The Bertz CT molecular complexity index is 1190. The van der Waals surface area contributed by atoms with Crippen molar-refractivity contribution in [1.82, 2.24) is 9.88 Å². The molecule has 1 aliphatic rings. The molecular formula is C24H26N2O7. The minimum absolute atomic E-state index is 0.0490. The summed E-state index contributed by atoms with van der Waals surface area (Å²) in [5.41, 5.74) is 1.02. The second-order valence-electron chi connectivity index (χ2n) is 7.85. The van der Waals surface area contributed by atoms with Gasteiger partial charge in [0.1, 0.15) is 11.3 Å². The van der Waals surface area contributed by atoms with Crippen LogP contribution in [-0.2, 0) is 16.0 Å². The van der Waals surface area contributed by atoms with E-state index in [0.717, 1.165) is 30.2 Å². The number of nitrogens with one attached hydrogen (secondary N) is 1. The van der Waals surface area contributed by atoms with Crippen LogP contribution in [0.2, 0.25) is 0 Å². The van der Waals surface area contributed by atoms with Crippen molar-refractivity contribution in [3.05, 3.63) is 75.0 Å². The maximum atomic E-state index is 12.8. The minimum Gasteiger partial charge on any atom is -0.483 e. The number of aromatic nitrogens is 1. The maximum Gasteiger partial charge on any atom is 0.336 e. The number of carboxylic acid groups (broad SMARTS) is 1. The van der Waals surface area contributed by atoms with Crippen molar-refractivity contribution in [3.8, 4) is 5.75 Å². The lowest BCUT2D eigenvalue weighted by molar-refractivity contribution is -0.139. The molecule has 1 aliphatic heterocycles. The first-order valence-electron chi connectivity index (χ1n) is 10.6. The van der Waals surface area contributed by atoms with E-state index in [0.29, 0.717) is 30.3 Å². The molecule has 1 aromatic carbocycles. The molecule has 33 heavy (non-hydrogen) atoms. The number of hydrogen-bond donors (Lipinski definition) is 2. The van der Waals surface area contributed by atoms with E-state index in [-0.39, 0.29) is 17.9 Å². The molecule has 0 saturated carbocycles. The van der Waals surface area contributed by atoms with E-state index in [9.17, 15) is 14.4 Å². The summed E-state index contributed by atoms with van der Waals surface area (Å²) in [5, 5.41) is 7.69. The highest BCUT2D eigenvalue weighted by Gasteiger charge is 2.27. The lowest BCUT2D eigenvalue weighted by Gasteiger charge is -2.33. The summed E-state index contributed by atoms with van der Waals surface area (Å²) in [6.07, 6.45) is 3.86. The smallest absolute Gasteiger partial charge is 0.336 e. The van der Waals surface area contributed by atoms with E-state index < -0.39 is 11.7 Å². The third kappa shape index (κ3) is 6.55. The molecule has 2 N–H and O–H groups in total. The number of nitrogens with zero attached hydrogens (tertiary/aromatic N) is 1. The molecule has 1 unspecified atom stereocenters. The lowest BCUT2D eigenvalue weighted by atomic mass is 9.90. The molecule has 4 rings (SSSR count). The van der Waals surface area contributed by atoms with Gasteiger partial charge in [-0.05, 0) is 55.9 Å². The number of likely N-dealkylation sites (tertiary alicyclic amines) is 1. The van der Waals surface area contributed by atoms with Crippen molar-refractivity contribution in [1.29, 1.82) is 0 Å². The highest BCUT2D eigenvalue weighted by atomic mass is 16.5. The van der Waals surface area contributed by atoms with Gasteiger partial charge >= 0.3 is 5.63 Å². The minimum atomic E-state index is -0.631. The van der Waals surface area contributed by atoms with Gasteiger partial charge < -0.3 is 24.1 Å². The number of carbonyl (C=O) groups is 2. The molecule has 1 saturated heterocycles. The van der Waals surface area contributed by atoms with Gasteiger partial charge in [0, 0.05) is 42.9 Å². The van der Waals surface area contributed by atoms with Crippen LogP contribution in [0.15, 0.2) is 62.7 Å². The molecule has 0 radical (unpaired) electrons. The van der Waals surface area contributed by atoms with Crippen LogP contribution in [0.25, 0.3) is 11.0 Å². The molecule has 9 heteroatoms. The van der Waals surface area contributed by atoms with Crippen LogP contribution in [0, 0.1) is 5.92 Å². The van der Waals surface area contributed by atoms with E-state index in [1.165, 1.54) is 6.07 Å². The van der Waals surface area contributed by atoms with E-state index in [1.807, 2.05) is 11.0 Å². The zero-order valence-electron chi connectivity index (χ0n) is 18.2. The molecular weight excluding hydrogens is 428 g/mol. The number of piperidine rings is 1. The number of aromatic amines is 1. The molecule has 0 bridgehead atoms. The summed E-state index contributed by atoms with van der Waals surface area (Å²) in [5.74, 6) is 0.928. The monoisotopic (exact) mass is 454 g/mol. The van der Waals surface area contributed by atoms with Crippen LogP contribution in [0.4, 0.5) is 0 Å². The van der Waals surface area contributed by atoms with E-state index in [2.05, 4.69) is 4.98 Å². The number of ether oxygens (including phenoxy) is 1. The van der Waals surface area contributed by atoms with E-state index in [1.54, 1.807) is 43.5 Å². The third-order valence-electron chi connectivity index (χ3n) is 5.55. The normalized spacial score (nSPS) is 14.8. The lowest BCUT2D eigenvalue weighted by Crippen LogP contribution is -2.45. The Hall–Kier alpha value is -3.88. The van der Waals surface area contributed by atoms with Gasteiger partial charge in [-0.3, -0.25) is 14.4 Å². The number of H-pyrrole nitrogens is 1. The van der Waals surface area contributed by atoms with Gasteiger partial charge in [0.25, 0.3) is 12.4 Å². The van der Waals surface area contributed by atoms with Crippen molar-refractivity contribution in [2.75, 3.05) is 13.1 Å².